The van der Waals surface area contributed by atoms with Gasteiger partial charge in [0.25, 0.3) is 0 Å². The molecule has 16 fully saturated rings. The van der Waals surface area contributed by atoms with Crippen molar-refractivity contribution in [2.45, 2.75) is 512 Å². The van der Waals surface area contributed by atoms with Crippen molar-refractivity contribution in [3.05, 3.63) is 120 Å². The van der Waals surface area contributed by atoms with E-state index in [1.807, 2.05) is 10.4 Å². The van der Waals surface area contributed by atoms with Crippen LogP contribution in [0.3, 0.4) is 0 Å². The van der Waals surface area contributed by atoms with Gasteiger partial charge in [-0.25, -0.2) is 0 Å². The first-order chi connectivity index (χ1) is 64.7. The van der Waals surface area contributed by atoms with Gasteiger partial charge in [0, 0.05) is 62.4 Å². The Balaban J connectivity index is 0.000000469. The van der Waals surface area contributed by atoms with Crippen molar-refractivity contribution >= 4 is 186 Å². The van der Waals surface area contributed by atoms with E-state index in [9.17, 15) is 0 Å². The standard InChI is InChI=1S/C35H52Si2.C28H56Si3.C25H47BrSi2.C25H47ISi2.8CH3.8ClH.4Zr/c1-4-5-13-27-20-22-33(24-27)36(2,31-16-8-6-9-17-31)37(3,32-18-10-7-11-19-32)35-23-21-30-25-28-14-12-15-29(28)26-34(30)35;1-9-10-12-21-15-16-23(19-21)30(5,6)31(7,8)27-18-17-25-26(27)20-22-13-11-14-24(22)28(25)29(2,3)4;2*1-6-7-9-18-12-13-20(16-18)27(2,3)28(4,5)24-15-14-22-23(24)17-19-10-8-11-21(19)25(22)26;;;;;;;;;;;;;;;;;;;;/h6-11,16-19,27-30,33-35H,4-5,12-15,20-26H2,1-3H3;21-28H,9-20H2,1-8H3;2*18-25H,6-17H2,1-5H3;8*1H3;8*1H;;;;/q;;;;8*-1;;;;;;;;;4*+4/p-8. The number of hydrogen-bond acceptors (Lipinski definition) is 0. The molecule has 0 saturated heterocycles. The van der Waals surface area contributed by atoms with Gasteiger partial charge in [0.15, 0.2) is 0 Å². The molecule has 16 aliphatic rings. The number of rotatable bonds is 27. The van der Waals surface area contributed by atoms with E-state index >= 15 is 0 Å². The molecule has 144 heavy (non-hydrogen) atoms. The first-order valence-corrected chi connectivity index (χ1v) is 117. The predicted octanol–water partition coefficient (Wildman–Crippen LogP) is 45.6. The maximum absolute atomic E-state index is 4.93. The molecule has 0 heterocycles. The van der Waals surface area contributed by atoms with E-state index in [-0.39, 0.29) is 59.4 Å². The van der Waals surface area contributed by atoms with Gasteiger partial charge in [-0.3, -0.25) is 0 Å². The first-order valence-electron chi connectivity index (χ1n) is 58.0. The van der Waals surface area contributed by atoms with E-state index in [1.54, 1.807) is 186 Å². The average molecular weight is 2790 g/mol. The van der Waals surface area contributed by atoms with E-state index in [0.717, 1.165) is 166 Å². The average Bonchev–Trinajstić information content (AvgIpc) is 1.32. The monoisotopic (exact) mass is 2780 g/mol. The van der Waals surface area contributed by atoms with Crippen LogP contribution in [-0.4, -0.2) is 77.6 Å². The minimum absolute atomic E-state index is 0. The van der Waals surface area contributed by atoms with Gasteiger partial charge in [-0.2, -0.15) is 0 Å². The van der Waals surface area contributed by atoms with Crippen molar-refractivity contribution in [1.82, 2.24) is 0 Å². The number of benzene rings is 2. The summed E-state index contributed by atoms with van der Waals surface area (Å²) in [5.74, 6) is 21.6. The van der Waals surface area contributed by atoms with Gasteiger partial charge in [-0.15, -0.1) is 0 Å². The van der Waals surface area contributed by atoms with Crippen LogP contribution in [0.1, 0.15) is 342 Å². The summed E-state index contributed by atoms with van der Waals surface area (Å²) in [6.45, 7) is 58.3. The van der Waals surface area contributed by atoms with Crippen LogP contribution in [0.15, 0.2) is 60.7 Å². The third-order valence-electron chi connectivity index (χ3n) is 47.3. The SMILES string of the molecule is CCCCC1CCC([Si](C)(C)[Si](C)(C)C2CCC3C(Br)C4CCCC4CC32)C1.CCCCC1CCC([Si](C)(C)[Si](C)(C)C2CCC3C(I)C4CCCC4CC32)C1.CCCCC1CCC([Si](C)(C)[Si](C)(C)C2CCC3C2CC2CCCC2C3[Si](C)(C)C)C1.CCCCC1CCC([Si](C)(c2ccccc2)[Si](C)(c2ccccc2)C2CCC3CC4CCCC4CC32)C1.[CH3-].[CH3-].[CH3-].[CH3-].[CH3-].[CH3-].[CH3-].[CH3-].[Cl][Zr+2][Cl].[Cl][Zr+2][Cl].[Cl][Zr+2][Cl].[Cl][Zr+2][Cl]. The zero-order chi connectivity index (χ0) is 99.1. The molecule has 16 aliphatic carbocycles. The van der Waals surface area contributed by atoms with Crippen LogP contribution in [0, 0.1) is 178 Å². The molecule has 832 valence electrons. The zero-order valence-electron chi connectivity index (χ0n) is 98.6. The van der Waals surface area contributed by atoms with Crippen molar-refractivity contribution < 1.29 is 83.4 Å². The molecule has 0 aromatic heterocycles. The summed E-state index contributed by atoms with van der Waals surface area (Å²) in [7, 11) is 27.7. The molecule has 16 saturated carbocycles. The van der Waals surface area contributed by atoms with Gasteiger partial charge in [0.05, 0.1) is 15.2 Å². The normalized spacial score (nSPS) is 35.6. The van der Waals surface area contributed by atoms with Crippen molar-refractivity contribution in [2.24, 2.45) is 118 Å². The number of hydrogen-bond donors (Lipinski definition) is 0. The number of fused-ring (bicyclic) bond motifs is 8. The third kappa shape index (κ3) is 33.5. The predicted molar refractivity (Wildman–Crippen MR) is 685 cm³/mol. The summed E-state index contributed by atoms with van der Waals surface area (Å²) >= 11 is 3.90. The topological polar surface area (TPSA) is 0 Å². The van der Waals surface area contributed by atoms with Crippen molar-refractivity contribution in [1.29, 1.82) is 0 Å². The van der Waals surface area contributed by atoms with Gasteiger partial charge in [-0.1, -0.05) is 499 Å². The van der Waals surface area contributed by atoms with Crippen LogP contribution < -0.4 is 10.4 Å². The molecule has 0 N–H and O–H groups in total. The molecule has 0 bridgehead atoms. The Labute approximate surface area is 1010 Å². The molecule has 0 amide bonds. The van der Waals surface area contributed by atoms with Gasteiger partial charge < -0.3 is 59.4 Å². The number of halogens is 10. The van der Waals surface area contributed by atoms with Crippen LogP contribution in [0.5, 0.6) is 0 Å². The van der Waals surface area contributed by atoms with E-state index in [1.165, 1.54) is 139 Å². The van der Waals surface area contributed by atoms with Crippen LogP contribution in [0.2, 0.25) is 161 Å². The molecule has 23 heteroatoms. The van der Waals surface area contributed by atoms with Crippen LogP contribution in [-0.2, 0) is 83.4 Å². The molecule has 2 aromatic carbocycles. The molecule has 33 atom stereocenters. The summed E-state index contributed by atoms with van der Waals surface area (Å²) in [6, 6.07) is 24.5. The molecular formula is C121H226BrCl8ISi9Zr4. The van der Waals surface area contributed by atoms with Gasteiger partial charge in [0.1, 0.15) is 0 Å². The van der Waals surface area contributed by atoms with Gasteiger partial charge >= 0.3 is 151 Å². The van der Waals surface area contributed by atoms with Crippen LogP contribution >= 0.6 is 107 Å². The maximum atomic E-state index is 4.93. The van der Waals surface area contributed by atoms with Crippen LogP contribution in [0.4, 0.5) is 0 Å². The Morgan fingerprint density at radius 3 is 0.938 bits per heavy atom. The van der Waals surface area contributed by atoms with Crippen molar-refractivity contribution in [2.75, 3.05) is 0 Å². The molecular weight excluding hydrogens is 2560 g/mol. The van der Waals surface area contributed by atoms with Gasteiger partial charge in [0.2, 0.25) is 0 Å². The molecule has 0 radical (unpaired) electrons. The Morgan fingerprint density at radius 2 is 0.549 bits per heavy atom. The van der Waals surface area contributed by atoms with Crippen LogP contribution in [0.25, 0.3) is 0 Å². The first kappa shape index (κ1) is 146. The summed E-state index contributed by atoms with van der Waals surface area (Å²) in [5, 5.41) is 3.64. The fourth-order valence-electron chi connectivity index (χ4n) is 38.1. The Morgan fingerprint density at radius 1 is 0.264 bits per heavy atom. The third-order valence-corrected chi connectivity index (χ3v) is 136. The second kappa shape index (κ2) is 67.3. The Bertz CT molecular complexity index is 3690. The fraction of sp³-hybridized carbons (Fsp3) is 0.835. The summed E-state index contributed by atoms with van der Waals surface area (Å²) in [6.07, 6.45) is 75.8. The molecule has 0 aliphatic heterocycles. The second-order valence-corrected chi connectivity index (χ2v) is 140. The zero-order valence-corrected chi connectivity index (χ0v) is 127. The van der Waals surface area contributed by atoms with E-state index in [4.69, 9.17) is 68.1 Å². The molecule has 18 rings (SSSR count). The number of alkyl halides is 2. The molecule has 2 aromatic rings. The second-order valence-electron chi connectivity index (χ2n) is 54.4. The number of unbranched alkanes of at least 4 members (excludes halogenated alkanes) is 4. The molecule has 0 spiro atoms. The van der Waals surface area contributed by atoms with Gasteiger partial charge in [-0.05, 0) is 232 Å². The van der Waals surface area contributed by atoms with E-state index < -0.39 is 152 Å². The Kier molecular flexibility index (Phi) is 68.0. The summed E-state index contributed by atoms with van der Waals surface area (Å²) in [4.78, 5) is 0.864. The van der Waals surface area contributed by atoms with Crippen molar-refractivity contribution in [3.8, 4) is 0 Å². The molecule has 33 unspecified atom stereocenters. The van der Waals surface area contributed by atoms with Crippen molar-refractivity contribution in [3.63, 3.8) is 0 Å². The molecule has 0 nitrogen and oxygen atoms in total. The minimum atomic E-state index is -1.83. The quantitative estimate of drug-likeness (QED) is 0.0362. The summed E-state index contributed by atoms with van der Waals surface area (Å²) < 4.78 is 1.02. The van der Waals surface area contributed by atoms with E-state index in [0.29, 0.717) is 0 Å². The summed E-state index contributed by atoms with van der Waals surface area (Å²) in [5.41, 5.74) is 10.1. The fourth-order valence-corrected chi connectivity index (χ4v) is 107. The Hall–Kier alpha value is 7.45. The van der Waals surface area contributed by atoms with E-state index in [2.05, 4.69) is 238 Å².